The third-order valence-corrected chi connectivity index (χ3v) is 2.92. The molecule has 0 aromatic heterocycles. The fourth-order valence-electron chi connectivity index (χ4n) is 2.09. The second-order valence-corrected chi connectivity index (χ2v) is 4.47. The summed E-state index contributed by atoms with van der Waals surface area (Å²) in [6.45, 7) is 3.74. The second kappa shape index (κ2) is 4.30. The summed E-state index contributed by atoms with van der Waals surface area (Å²) in [5, 5.41) is 10.1. The monoisotopic (exact) mass is 246 g/mol. The Bertz CT molecular complexity index is 666. The molecule has 0 radical (unpaired) electrons. The molecule has 1 N–H and O–H groups in total. The Morgan fingerprint density at radius 1 is 1.17 bits per heavy atom. The summed E-state index contributed by atoms with van der Waals surface area (Å²) < 4.78 is 27.4. The Labute approximate surface area is 104 Å². The van der Waals surface area contributed by atoms with Crippen LogP contribution in [0, 0.1) is 24.0 Å². The van der Waals surface area contributed by atoms with Gasteiger partial charge in [0.05, 0.1) is 5.56 Å². The van der Waals surface area contributed by atoms with Gasteiger partial charge in [-0.3, -0.25) is 0 Å². The fourth-order valence-corrected chi connectivity index (χ4v) is 2.09. The molecule has 0 spiro atoms. The highest BCUT2D eigenvalue weighted by Gasteiger charge is 2.17. The quantitative estimate of drug-likeness (QED) is 0.756. The van der Waals surface area contributed by atoms with Crippen LogP contribution in [0.15, 0.2) is 18.2 Å². The lowest BCUT2D eigenvalue weighted by atomic mass is 9.92. The maximum Gasteiger partial charge on any atom is 0.142 e. The van der Waals surface area contributed by atoms with E-state index in [-0.39, 0.29) is 22.6 Å². The largest absolute Gasteiger partial charge is 0.508 e. The Morgan fingerprint density at radius 2 is 1.83 bits per heavy atom. The number of hydrogen-bond acceptors (Lipinski definition) is 1. The van der Waals surface area contributed by atoms with Gasteiger partial charge in [0.25, 0.3) is 0 Å². The van der Waals surface area contributed by atoms with Gasteiger partial charge in [-0.15, -0.1) is 6.42 Å². The van der Waals surface area contributed by atoms with Gasteiger partial charge in [0.15, 0.2) is 0 Å². The molecule has 0 atom stereocenters. The average Bonchev–Trinajstić information content (AvgIpc) is 2.29. The number of benzene rings is 2. The van der Waals surface area contributed by atoms with Crippen molar-refractivity contribution >= 4 is 10.8 Å². The molecule has 0 bridgehead atoms. The topological polar surface area (TPSA) is 20.2 Å². The fraction of sp³-hybridized carbons (Fsp3) is 0.200. The zero-order valence-electron chi connectivity index (χ0n) is 10.1. The Hall–Kier alpha value is -2.08. The van der Waals surface area contributed by atoms with E-state index in [0.717, 1.165) is 6.07 Å². The highest BCUT2D eigenvalue weighted by Crippen LogP contribution is 2.34. The van der Waals surface area contributed by atoms with Crippen molar-refractivity contribution < 1.29 is 13.9 Å². The molecule has 0 aliphatic carbocycles. The summed E-state index contributed by atoms with van der Waals surface area (Å²) >= 11 is 0. The van der Waals surface area contributed by atoms with Gasteiger partial charge >= 0.3 is 0 Å². The number of aromatic hydroxyl groups is 1. The highest BCUT2D eigenvalue weighted by atomic mass is 19.1. The molecule has 2 aromatic rings. The summed E-state index contributed by atoms with van der Waals surface area (Å²) in [6, 6.07) is 3.50. The van der Waals surface area contributed by atoms with Gasteiger partial charge in [-0.25, -0.2) is 8.78 Å². The first-order chi connectivity index (χ1) is 8.45. The first-order valence-electron chi connectivity index (χ1n) is 5.57. The van der Waals surface area contributed by atoms with Crippen LogP contribution in [0.3, 0.4) is 0 Å². The van der Waals surface area contributed by atoms with Crippen LogP contribution >= 0.6 is 0 Å². The number of hydrogen-bond donors (Lipinski definition) is 1. The number of terminal acetylenes is 1. The molecular formula is C15H12F2O. The van der Waals surface area contributed by atoms with Crippen molar-refractivity contribution in [3.05, 3.63) is 41.0 Å². The van der Waals surface area contributed by atoms with Crippen LogP contribution in [0.1, 0.15) is 30.9 Å². The molecule has 2 aromatic carbocycles. The van der Waals surface area contributed by atoms with Crippen LogP contribution in [0.5, 0.6) is 5.75 Å². The summed E-state index contributed by atoms with van der Waals surface area (Å²) in [5.74, 6) is 0.717. The first kappa shape index (κ1) is 12.4. The minimum Gasteiger partial charge on any atom is -0.508 e. The summed E-state index contributed by atoms with van der Waals surface area (Å²) in [4.78, 5) is 0. The van der Waals surface area contributed by atoms with Crippen LogP contribution in [0.4, 0.5) is 8.78 Å². The molecule has 0 unspecified atom stereocenters. The zero-order valence-corrected chi connectivity index (χ0v) is 10.1. The Morgan fingerprint density at radius 3 is 2.39 bits per heavy atom. The van der Waals surface area contributed by atoms with Gasteiger partial charge < -0.3 is 5.11 Å². The highest BCUT2D eigenvalue weighted by molar-refractivity contribution is 5.93. The van der Waals surface area contributed by atoms with Gasteiger partial charge in [-0.2, -0.15) is 0 Å². The lowest BCUT2D eigenvalue weighted by Crippen LogP contribution is -1.97. The van der Waals surface area contributed by atoms with Crippen molar-refractivity contribution in [1.82, 2.24) is 0 Å². The van der Waals surface area contributed by atoms with Gasteiger partial charge in [0, 0.05) is 16.8 Å². The molecule has 3 heteroatoms. The van der Waals surface area contributed by atoms with Crippen molar-refractivity contribution in [2.75, 3.05) is 0 Å². The summed E-state index contributed by atoms with van der Waals surface area (Å²) in [5.41, 5.74) is 0.673. The van der Waals surface area contributed by atoms with Crippen LogP contribution in [0.25, 0.3) is 10.8 Å². The zero-order chi connectivity index (χ0) is 13.4. The van der Waals surface area contributed by atoms with E-state index in [4.69, 9.17) is 6.42 Å². The molecular weight excluding hydrogens is 234 g/mol. The molecule has 0 aliphatic heterocycles. The van der Waals surface area contributed by atoms with E-state index in [1.807, 2.05) is 13.8 Å². The number of rotatable bonds is 1. The van der Waals surface area contributed by atoms with Crippen molar-refractivity contribution in [2.24, 2.45) is 0 Å². The smallest absolute Gasteiger partial charge is 0.142 e. The third-order valence-electron chi connectivity index (χ3n) is 2.92. The summed E-state index contributed by atoms with van der Waals surface area (Å²) in [7, 11) is 0. The second-order valence-electron chi connectivity index (χ2n) is 4.47. The minimum absolute atomic E-state index is 0.00657. The molecule has 0 fully saturated rings. The standard InChI is InChI=1S/C15H12F2O/c1-4-10-13(16)7-14(17)12-6-9(18)5-11(8(2)3)15(10)12/h1,5-8,18H,2-3H3. The lowest BCUT2D eigenvalue weighted by Gasteiger charge is -2.14. The van der Waals surface area contributed by atoms with E-state index < -0.39 is 11.6 Å². The van der Waals surface area contributed by atoms with Crippen LogP contribution in [-0.4, -0.2) is 5.11 Å². The van der Waals surface area contributed by atoms with Crippen molar-refractivity contribution in [3.8, 4) is 18.1 Å². The van der Waals surface area contributed by atoms with Gasteiger partial charge in [-0.05, 0) is 23.6 Å². The molecule has 0 saturated carbocycles. The van der Waals surface area contributed by atoms with Crippen molar-refractivity contribution in [1.29, 1.82) is 0 Å². The Balaban J connectivity index is 3.06. The van der Waals surface area contributed by atoms with Crippen LogP contribution in [-0.2, 0) is 0 Å². The third kappa shape index (κ3) is 1.80. The average molecular weight is 246 g/mol. The molecule has 0 heterocycles. The molecule has 0 amide bonds. The van der Waals surface area contributed by atoms with E-state index in [1.165, 1.54) is 12.1 Å². The van der Waals surface area contributed by atoms with E-state index in [1.54, 1.807) is 0 Å². The van der Waals surface area contributed by atoms with Crippen molar-refractivity contribution in [3.63, 3.8) is 0 Å². The van der Waals surface area contributed by atoms with Gasteiger partial charge in [0.2, 0.25) is 0 Å². The molecule has 1 nitrogen and oxygen atoms in total. The summed E-state index contributed by atoms with van der Waals surface area (Å²) in [6.07, 6.45) is 5.30. The predicted octanol–water partition coefficient (Wildman–Crippen LogP) is 3.93. The molecule has 2 rings (SSSR count). The van der Waals surface area contributed by atoms with Crippen molar-refractivity contribution in [2.45, 2.75) is 19.8 Å². The first-order valence-corrected chi connectivity index (χ1v) is 5.57. The number of phenols is 1. The minimum atomic E-state index is -0.755. The van der Waals surface area contributed by atoms with E-state index >= 15 is 0 Å². The lowest BCUT2D eigenvalue weighted by molar-refractivity contribution is 0.474. The van der Waals surface area contributed by atoms with E-state index in [9.17, 15) is 13.9 Å². The molecule has 92 valence electrons. The number of phenolic OH excluding ortho intramolecular Hbond substituents is 1. The Kier molecular flexibility index (Phi) is 2.96. The molecule has 0 saturated heterocycles. The van der Waals surface area contributed by atoms with Gasteiger partial charge in [-0.1, -0.05) is 19.8 Å². The molecule has 0 aliphatic rings. The maximum atomic E-state index is 13.8. The molecule has 18 heavy (non-hydrogen) atoms. The van der Waals surface area contributed by atoms with Gasteiger partial charge in [0.1, 0.15) is 17.4 Å². The maximum absolute atomic E-state index is 13.8. The predicted molar refractivity (Wildman–Crippen MR) is 67.6 cm³/mol. The van der Waals surface area contributed by atoms with E-state index in [2.05, 4.69) is 5.92 Å². The van der Waals surface area contributed by atoms with Crippen LogP contribution in [0.2, 0.25) is 0 Å². The van der Waals surface area contributed by atoms with E-state index in [0.29, 0.717) is 10.9 Å². The normalized spacial score (nSPS) is 10.9. The SMILES string of the molecule is C#Cc1c(F)cc(F)c2cc(O)cc(C(C)C)c12. The number of fused-ring (bicyclic) bond motifs is 1. The van der Waals surface area contributed by atoms with Crippen LogP contribution < -0.4 is 0 Å². The number of halogens is 2.